The van der Waals surface area contributed by atoms with E-state index in [9.17, 15) is 0 Å². The molecule has 83 heavy (non-hydrogen) atoms. The van der Waals surface area contributed by atoms with Crippen molar-refractivity contribution in [3.05, 3.63) is 308 Å². The maximum atomic E-state index is 5.37. The molecule has 0 unspecified atom stereocenters. The number of pyridine rings is 1. The first-order chi connectivity index (χ1) is 40.9. The third-order valence-electron chi connectivity index (χ3n) is 17.8. The molecule has 1 aliphatic carbocycles. The zero-order valence-electron chi connectivity index (χ0n) is 46.2. The highest BCUT2D eigenvalue weighted by atomic mass is 14.7. The lowest BCUT2D eigenvalue weighted by Gasteiger charge is -2.25. The molecule has 1 heterocycles. The minimum Gasteiger partial charge on any atom is -0.247 e. The van der Waals surface area contributed by atoms with Crippen LogP contribution in [0.3, 0.4) is 0 Å². The Morgan fingerprint density at radius 1 is 0.229 bits per heavy atom. The average Bonchev–Trinajstić information content (AvgIpc) is 2.39. The Labute approximate surface area is 484 Å². The Balaban J connectivity index is 0.943. The quantitative estimate of drug-likeness (QED) is 0.138. The highest BCUT2D eigenvalue weighted by Crippen LogP contribution is 2.54. The maximum absolute atomic E-state index is 5.37. The molecule has 0 radical (unpaired) electrons. The molecule has 0 saturated heterocycles. The van der Waals surface area contributed by atoms with Crippen LogP contribution in [0.1, 0.15) is 25.0 Å². The van der Waals surface area contributed by atoms with Crippen molar-refractivity contribution in [2.24, 2.45) is 0 Å². The van der Waals surface area contributed by atoms with Crippen LogP contribution < -0.4 is 0 Å². The van der Waals surface area contributed by atoms with Crippen molar-refractivity contribution < 1.29 is 0 Å². The molecule has 0 amide bonds. The van der Waals surface area contributed by atoms with Crippen molar-refractivity contribution in [1.82, 2.24) is 4.98 Å². The van der Waals surface area contributed by atoms with E-state index in [2.05, 4.69) is 311 Å². The summed E-state index contributed by atoms with van der Waals surface area (Å²) in [4.78, 5) is 5.37. The SMILES string of the molecule is CC1(C)c2ccccc2-c2nc3ccccc3c(-c3ccc(-c4cc(-c5ccc6c(-c7ccccc7)c7ccccc7c(-c7ccccc7)c6c5)cc(-c5ccc6c(-c7ccccc7)c7ccccc7c(-c7ccccc7)c6c5)c4)cc3)c21. The van der Waals surface area contributed by atoms with Crippen LogP contribution in [-0.4, -0.2) is 4.98 Å². The van der Waals surface area contributed by atoms with E-state index in [-0.39, 0.29) is 5.41 Å². The summed E-state index contributed by atoms with van der Waals surface area (Å²) in [6.07, 6.45) is 0. The van der Waals surface area contributed by atoms with Gasteiger partial charge in [-0.2, -0.15) is 0 Å². The number of benzene rings is 14. The summed E-state index contributed by atoms with van der Waals surface area (Å²) >= 11 is 0. The molecular formula is C82H55N. The van der Waals surface area contributed by atoms with E-state index in [1.54, 1.807) is 0 Å². The van der Waals surface area contributed by atoms with Crippen LogP contribution in [0.5, 0.6) is 0 Å². The van der Waals surface area contributed by atoms with Crippen LogP contribution in [0.15, 0.2) is 297 Å². The first-order valence-corrected chi connectivity index (χ1v) is 28.9. The Kier molecular flexibility index (Phi) is 11.3. The number of hydrogen-bond donors (Lipinski definition) is 0. The maximum Gasteiger partial charge on any atom is 0.0759 e. The van der Waals surface area contributed by atoms with E-state index in [4.69, 9.17) is 4.98 Å². The van der Waals surface area contributed by atoms with Crippen molar-refractivity contribution >= 4 is 54.0 Å². The lowest BCUT2D eigenvalue weighted by Crippen LogP contribution is -2.16. The van der Waals surface area contributed by atoms with Gasteiger partial charge in [-0.25, -0.2) is 4.98 Å². The van der Waals surface area contributed by atoms with E-state index in [0.29, 0.717) is 0 Å². The van der Waals surface area contributed by atoms with Crippen LogP contribution in [0.2, 0.25) is 0 Å². The molecule has 1 aromatic heterocycles. The topological polar surface area (TPSA) is 12.9 Å². The number of nitrogens with zero attached hydrogens (tertiary/aromatic N) is 1. The van der Waals surface area contributed by atoms with Gasteiger partial charge in [0.2, 0.25) is 0 Å². The molecule has 0 N–H and O–H groups in total. The van der Waals surface area contributed by atoms with Crippen LogP contribution >= 0.6 is 0 Å². The second-order valence-corrected chi connectivity index (χ2v) is 22.9. The fraction of sp³-hybridized carbons (Fsp3) is 0.0366. The van der Waals surface area contributed by atoms with Crippen molar-refractivity contribution in [1.29, 1.82) is 0 Å². The average molecular weight is 1050 g/mol. The normalized spacial score (nSPS) is 12.6. The Morgan fingerprint density at radius 3 is 1.01 bits per heavy atom. The van der Waals surface area contributed by atoms with Gasteiger partial charge in [-0.3, -0.25) is 0 Å². The van der Waals surface area contributed by atoms with Crippen LogP contribution in [-0.2, 0) is 5.41 Å². The van der Waals surface area contributed by atoms with Crippen molar-refractivity contribution in [3.63, 3.8) is 0 Å². The van der Waals surface area contributed by atoms with Crippen molar-refractivity contribution in [3.8, 4) is 100 Å². The minimum absolute atomic E-state index is 0.233. The van der Waals surface area contributed by atoms with Crippen LogP contribution in [0.25, 0.3) is 154 Å². The van der Waals surface area contributed by atoms with E-state index in [1.165, 1.54) is 121 Å². The Morgan fingerprint density at radius 2 is 0.554 bits per heavy atom. The molecule has 0 bridgehead atoms. The number of fused-ring (bicyclic) bond motifs is 8. The third-order valence-corrected chi connectivity index (χ3v) is 17.8. The fourth-order valence-corrected chi connectivity index (χ4v) is 14.0. The molecule has 1 aliphatic rings. The van der Waals surface area contributed by atoms with Crippen LogP contribution in [0.4, 0.5) is 0 Å². The zero-order chi connectivity index (χ0) is 55.2. The first kappa shape index (κ1) is 48.4. The van der Waals surface area contributed by atoms with Gasteiger partial charge >= 0.3 is 0 Å². The summed E-state index contributed by atoms with van der Waals surface area (Å²) in [5, 5.41) is 11.1. The van der Waals surface area contributed by atoms with E-state index in [1.807, 2.05) is 0 Å². The highest BCUT2D eigenvalue weighted by molar-refractivity contribution is 6.23. The largest absolute Gasteiger partial charge is 0.247 e. The van der Waals surface area contributed by atoms with Gasteiger partial charge in [-0.1, -0.05) is 275 Å². The summed E-state index contributed by atoms with van der Waals surface area (Å²) in [5.74, 6) is 0. The van der Waals surface area contributed by atoms with Gasteiger partial charge in [-0.15, -0.1) is 0 Å². The number of hydrogen-bond acceptors (Lipinski definition) is 1. The molecule has 15 aromatic rings. The van der Waals surface area contributed by atoms with Crippen molar-refractivity contribution in [2.45, 2.75) is 19.3 Å². The monoisotopic (exact) mass is 1050 g/mol. The molecule has 0 aliphatic heterocycles. The number of aromatic nitrogens is 1. The van der Waals surface area contributed by atoms with E-state index < -0.39 is 0 Å². The predicted octanol–water partition coefficient (Wildman–Crippen LogP) is 22.5. The molecular weight excluding hydrogens is 999 g/mol. The second kappa shape index (κ2) is 19.4. The van der Waals surface area contributed by atoms with E-state index >= 15 is 0 Å². The first-order valence-electron chi connectivity index (χ1n) is 28.9. The number of rotatable bonds is 8. The molecule has 0 spiro atoms. The molecule has 1 nitrogen and oxygen atoms in total. The van der Waals surface area contributed by atoms with Gasteiger partial charge in [-0.05, 0) is 180 Å². The Hall–Kier alpha value is -10.5. The molecule has 0 saturated carbocycles. The summed E-state index contributed by atoms with van der Waals surface area (Å²) < 4.78 is 0. The molecule has 1 heteroatoms. The molecule has 14 aromatic carbocycles. The second-order valence-electron chi connectivity index (χ2n) is 22.9. The predicted molar refractivity (Wildman–Crippen MR) is 353 cm³/mol. The smallest absolute Gasteiger partial charge is 0.0759 e. The summed E-state index contributed by atoms with van der Waals surface area (Å²) in [5.41, 5.74) is 24.9. The van der Waals surface area contributed by atoms with Crippen molar-refractivity contribution in [2.75, 3.05) is 0 Å². The minimum atomic E-state index is -0.233. The number of para-hydroxylation sites is 1. The molecule has 388 valence electrons. The molecule has 0 atom stereocenters. The van der Waals surface area contributed by atoms with Gasteiger partial charge in [0.05, 0.1) is 11.2 Å². The van der Waals surface area contributed by atoms with Gasteiger partial charge in [0.25, 0.3) is 0 Å². The lowest BCUT2D eigenvalue weighted by molar-refractivity contribution is 0.662. The zero-order valence-corrected chi connectivity index (χ0v) is 46.2. The Bertz CT molecular complexity index is 4830. The van der Waals surface area contributed by atoms with Gasteiger partial charge in [0.15, 0.2) is 0 Å². The lowest BCUT2D eigenvalue weighted by atomic mass is 9.78. The van der Waals surface area contributed by atoms with Gasteiger partial charge in [0, 0.05) is 16.4 Å². The van der Waals surface area contributed by atoms with Crippen LogP contribution in [0, 0.1) is 0 Å². The van der Waals surface area contributed by atoms with E-state index in [0.717, 1.165) is 44.6 Å². The molecule has 16 rings (SSSR count). The summed E-state index contributed by atoms with van der Waals surface area (Å²) in [6, 6.07) is 110. The highest BCUT2D eigenvalue weighted by Gasteiger charge is 2.39. The standard InChI is InChI=1S/C82H55N/c1-82(2)73-37-21-19-35-69(73)81-80(82)79(70-36-20-22-38-74(70)83-81)57-41-39-52(40-42-57)60-47-61(58-43-45-67-71(50-58)77(55-27-11-5-12-28-55)65-33-17-15-31-63(65)75(67)53-23-7-3-8-24-53)49-62(48-60)59-44-46-68-72(51-59)78(56-29-13-6-14-30-56)66-34-18-16-32-64(66)76(68)54-25-9-4-10-26-54/h3-51H,1-2H3. The summed E-state index contributed by atoms with van der Waals surface area (Å²) in [7, 11) is 0. The third kappa shape index (κ3) is 7.88. The van der Waals surface area contributed by atoms with Gasteiger partial charge in [0.1, 0.15) is 0 Å². The molecule has 0 fully saturated rings. The van der Waals surface area contributed by atoms with Gasteiger partial charge < -0.3 is 0 Å². The summed E-state index contributed by atoms with van der Waals surface area (Å²) in [6.45, 7) is 4.72. The fourth-order valence-electron chi connectivity index (χ4n) is 14.0.